The summed E-state index contributed by atoms with van der Waals surface area (Å²) in [5.41, 5.74) is 3.15. The first-order valence-corrected chi connectivity index (χ1v) is 8.82. The molecule has 0 amide bonds. The van der Waals surface area contributed by atoms with E-state index in [-0.39, 0.29) is 6.04 Å². The molecule has 1 saturated heterocycles. The fraction of sp³-hybridized carbons (Fsp3) is 0.421. The van der Waals surface area contributed by atoms with Crippen LogP contribution in [0, 0.1) is 6.92 Å². The predicted molar refractivity (Wildman–Crippen MR) is 98.0 cm³/mol. The van der Waals surface area contributed by atoms with E-state index in [0.29, 0.717) is 5.88 Å². The summed E-state index contributed by atoms with van der Waals surface area (Å²) in [6.45, 7) is 5.98. The van der Waals surface area contributed by atoms with Crippen LogP contribution in [0.1, 0.15) is 37.3 Å². The van der Waals surface area contributed by atoms with Crippen molar-refractivity contribution in [2.75, 3.05) is 18.6 Å². The predicted octanol–water partition coefficient (Wildman–Crippen LogP) is 3.50. The highest BCUT2D eigenvalue weighted by molar-refractivity contribution is 5.76. The number of hydrogen-bond acceptors (Lipinski definition) is 5. The van der Waals surface area contributed by atoms with Gasteiger partial charge in [0, 0.05) is 24.8 Å². The van der Waals surface area contributed by atoms with Gasteiger partial charge < -0.3 is 14.2 Å². The molecule has 3 heterocycles. The average molecular weight is 337 g/mol. The Morgan fingerprint density at radius 3 is 2.84 bits per heavy atom. The molecule has 3 aromatic rings. The summed E-state index contributed by atoms with van der Waals surface area (Å²) in [5.74, 6) is 2.44. The second kappa shape index (κ2) is 6.35. The van der Waals surface area contributed by atoms with Gasteiger partial charge in [-0.3, -0.25) is 0 Å². The Kier molecular flexibility index (Phi) is 4.03. The third-order valence-electron chi connectivity index (χ3n) is 4.84. The summed E-state index contributed by atoms with van der Waals surface area (Å²) in [6.07, 6.45) is 2.17. The highest BCUT2D eigenvalue weighted by Gasteiger charge is 2.32. The molecule has 0 N–H and O–H groups in total. The molecular formula is C19H23N5O. The zero-order valence-corrected chi connectivity index (χ0v) is 14.9. The van der Waals surface area contributed by atoms with E-state index < -0.39 is 0 Å². The number of ether oxygens (including phenoxy) is 1. The Bertz CT molecular complexity index is 904. The van der Waals surface area contributed by atoms with Gasteiger partial charge in [-0.15, -0.1) is 0 Å². The van der Waals surface area contributed by atoms with Crippen molar-refractivity contribution in [1.29, 1.82) is 0 Å². The van der Waals surface area contributed by atoms with Crippen molar-refractivity contribution in [3.63, 3.8) is 0 Å². The van der Waals surface area contributed by atoms with Crippen LogP contribution in [0.15, 0.2) is 30.3 Å². The second-order valence-corrected chi connectivity index (χ2v) is 6.41. The first kappa shape index (κ1) is 15.9. The molecule has 1 unspecified atom stereocenters. The highest BCUT2D eigenvalue weighted by Crippen LogP contribution is 2.36. The van der Waals surface area contributed by atoms with Crippen LogP contribution in [0.5, 0.6) is 5.88 Å². The number of fused-ring (bicyclic) bond motifs is 1. The molecule has 0 spiro atoms. The van der Waals surface area contributed by atoms with Gasteiger partial charge in [0.2, 0.25) is 11.8 Å². The minimum atomic E-state index is 0.193. The van der Waals surface area contributed by atoms with E-state index in [1.807, 2.05) is 19.1 Å². The number of imidazole rings is 1. The van der Waals surface area contributed by atoms with Crippen molar-refractivity contribution in [3.05, 3.63) is 41.9 Å². The van der Waals surface area contributed by atoms with E-state index in [1.165, 1.54) is 5.52 Å². The SMILES string of the molecule is CCn1c(C2CCCN2c2nc(C)cc(OC)n2)nc2ccccc21. The van der Waals surface area contributed by atoms with Crippen molar-refractivity contribution in [3.8, 4) is 5.88 Å². The van der Waals surface area contributed by atoms with E-state index in [1.54, 1.807) is 7.11 Å². The Balaban J connectivity index is 1.79. The topological polar surface area (TPSA) is 56.1 Å². The summed E-state index contributed by atoms with van der Waals surface area (Å²) in [4.78, 5) is 16.4. The van der Waals surface area contributed by atoms with Crippen LogP contribution in [0.4, 0.5) is 5.95 Å². The Labute approximate surface area is 147 Å². The number of hydrogen-bond donors (Lipinski definition) is 0. The van der Waals surface area contributed by atoms with E-state index in [9.17, 15) is 0 Å². The lowest BCUT2D eigenvalue weighted by molar-refractivity contribution is 0.396. The molecule has 0 saturated carbocycles. The van der Waals surface area contributed by atoms with Crippen LogP contribution in [0.2, 0.25) is 0 Å². The number of nitrogens with zero attached hydrogens (tertiary/aromatic N) is 5. The van der Waals surface area contributed by atoms with Crippen LogP contribution < -0.4 is 9.64 Å². The maximum atomic E-state index is 5.33. The number of aromatic nitrogens is 4. The fourth-order valence-corrected chi connectivity index (χ4v) is 3.71. The zero-order chi connectivity index (χ0) is 17.4. The zero-order valence-electron chi connectivity index (χ0n) is 14.9. The number of para-hydroxylation sites is 2. The van der Waals surface area contributed by atoms with Crippen LogP contribution in [0.25, 0.3) is 11.0 Å². The molecule has 25 heavy (non-hydrogen) atoms. The number of aryl methyl sites for hydroxylation is 2. The summed E-state index contributed by atoms with van der Waals surface area (Å²) in [5, 5.41) is 0. The number of anilines is 1. The summed E-state index contributed by atoms with van der Waals surface area (Å²) in [7, 11) is 1.64. The van der Waals surface area contributed by atoms with Gasteiger partial charge in [0.15, 0.2) is 0 Å². The van der Waals surface area contributed by atoms with Crippen LogP contribution in [-0.4, -0.2) is 33.2 Å². The lowest BCUT2D eigenvalue weighted by Crippen LogP contribution is -2.27. The molecule has 1 aliphatic rings. The van der Waals surface area contributed by atoms with E-state index >= 15 is 0 Å². The standard InChI is InChI=1S/C19H23N5O/c1-4-23-15-9-6-5-8-14(15)21-18(23)16-10-7-11-24(16)19-20-13(2)12-17(22-19)25-3/h5-6,8-9,12,16H,4,7,10-11H2,1-3H3. The van der Waals surface area contributed by atoms with Gasteiger partial charge in [0.05, 0.1) is 24.2 Å². The lowest BCUT2D eigenvalue weighted by atomic mass is 10.2. The lowest BCUT2D eigenvalue weighted by Gasteiger charge is -2.25. The second-order valence-electron chi connectivity index (χ2n) is 6.41. The number of benzene rings is 1. The fourth-order valence-electron chi connectivity index (χ4n) is 3.71. The number of methoxy groups -OCH3 is 1. The number of rotatable bonds is 4. The molecule has 4 rings (SSSR count). The molecule has 1 aromatic carbocycles. The molecule has 1 atom stereocenters. The van der Waals surface area contributed by atoms with Crippen LogP contribution in [0.3, 0.4) is 0 Å². The maximum Gasteiger partial charge on any atom is 0.229 e. The van der Waals surface area contributed by atoms with E-state index in [2.05, 4.69) is 44.6 Å². The van der Waals surface area contributed by atoms with Crippen LogP contribution >= 0.6 is 0 Å². The first-order valence-electron chi connectivity index (χ1n) is 8.82. The van der Waals surface area contributed by atoms with E-state index in [4.69, 9.17) is 9.72 Å². The molecule has 6 heteroatoms. The highest BCUT2D eigenvalue weighted by atomic mass is 16.5. The maximum absolute atomic E-state index is 5.33. The summed E-state index contributed by atoms with van der Waals surface area (Å²) >= 11 is 0. The van der Waals surface area contributed by atoms with Gasteiger partial charge in [0.25, 0.3) is 0 Å². The smallest absolute Gasteiger partial charge is 0.229 e. The first-order chi connectivity index (χ1) is 12.2. The molecule has 2 aromatic heterocycles. The molecular weight excluding hydrogens is 314 g/mol. The molecule has 1 fully saturated rings. The average Bonchev–Trinajstić information content (AvgIpc) is 3.24. The van der Waals surface area contributed by atoms with Gasteiger partial charge in [-0.25, -0.2) is 9.97 Å². The molecule has 0 radical (unpaired) electrons. The van der Waals surface area contributed by atoms with Crippen molar-refractivity contribution < 1.29 is 4.74 Å². The molecule has 0 bridgehead atoms. The monoisotopic (exact) mass is 337 g/mol. The normalized spacial score (nSPS) is 17.4. The third-order valence-corrected chi connectivity index (χ3v) is 4.84. The third kappa shape index (κ3) is 2.71. The quantitative estimate of drug-likeness (QED) is 0.729. The largest absolute Gasteiger partial charge is 0.481 e. The Hall–Kier alpha value is -2.63. The Morgan fingerprint density at radius 2 is 2.04 bits per heavy atom. The van der Waals surface area contributed by atoms with Crippen molar-refractivity contribution in [1.82, 2.24) is 19.5 Å². The molecule has 1 aliphatic heterocycles. The van der Waals surface area contributed by atoms with Gasteiger partial charge in [-0.05, 0) is 38.8 Å². The van der Waals surface area contributed by atoms with Crippen molar-refractivity contribution in [2.24, 2.45) is 0 Å². The minimum absolute atomic E-state index is 0.193. The molecule has 0 aliphatic carbocycles. The summed E-state index contributed by atoms with van der Waals surface area (Å²) < 4.78 is 7.64. The minimum Gasteiger partial charge on any atom is -0.481 e. The van der Waals surface area contributed by atoms with Crippen LogP contribution in [-0.2, 0) is 6.54 Å². The van der Waals surface area contributed by atoms with Gasteiger partial charge in [-0.1, -0.05) is 12.1 Å². The van der Waals surface area contributed by atoms with Crippen molar-refractivity contribution >= 4 is 17.0 Å². The molecule has 6 nitrogen and oxygen atoms in total. The van der Waals surface area contributed by atoms with E-state index in [0.717, 1.165) is 48.9 Å². The van der Waals surface area contributed by atoms with Gasteiger partial charge in [-0.2, -0.15) is 4.98 Å². The molecule has 130 valence electrons. The summed E-state index contributed by atoms with van der Waals surface area (Å²) in [6, 6.07) is 10.4. The van der Waals surface area contributed by atoms with Gasteiger partial charge >= 0.3 is 0 Å². The van der Waals surface area contributed by atoms with Crippen molar-refractivity contribution in [2.45, 2.75) is 39.3 Å². The Morgan fingerprint density at radius 1 is 1.20 bits per heavy atom. The van der Waals surface area contributed by atoms with Gasteiger partial charge in [0.1, 0.15) is 5.82 Å².